The zero-order chi connectivity index (χ0) is 25.3. The number of hydrogen-bond acceptors (Lipinski definition) is 8. The molecule has 4 aromatic rings. The van der Waals surface area contributed by atoms with Crippen molar-refractivity contribution in [2.45, 2.75) is 19.5 Å². The van der Waals surface area contributed by atoms with Crippen LogP contribution in [0.4, 0.5) is 0 Å². The molecular formula is C26H26N4O6. The van der Waals surface area contributed by atoms with Crippen molar-refractivity contribution in [2.24, 2.45) is 0 Å². The molecule has 3 heterocycles. The first-order valence-corrected chi connectivity index (χ1v) is 11.2. The second kappa shape index (κ2) is 11.7. The standard InChI is InChI=1S/C26H26N4O6/c1-33-19-8-9-23(34-2)21(14-19)24-15-22(29-36-24)26(32)30(17-20-7-5-13-35-20)12-10-25(31)28-16-18-6-3-4-11-27-18/h3-9,11,13-15H,10,12,16-17H2,1-2H3,(H,28,31). The van der Waals surface area contributed by atoms with E-state index >= 15 is 0 Å². The van der Waals surface area contributed by atoms with Gasteiger partial charge in [-0.2, -0.15) is 0 Å². The Morgan fingerprint density at radius 1 is 1.06 bits per heavy atom. The fourth-order valence-electron chi connectivity index (χ4n) is 3.53. The Balaban J connectivity index is 1.47. The van der Waals surface area contributed by atoms with Gasteiger partial charge < -0.3 is 28.6 Å². The SMILES string of the molecule is COc1ccc(OC)c(-c2cc(C(=O)N(CCC(=O)NCc3ccccn3)Cc3ccco3)no2)c1. The summed E-state index contributed by atoms with van der Waals surface area (Å²) in [6.45, 7) is 0.628. The maximum atomic E-state index is 13.3. The van der Waals surface area contributed by atoms with Crippen LogP contribution >= 0.6 is 0 Å². The number of carbonyl (C=O) groups excluding carboxylic acids is 2. The Hall–Kier alpha value is -4.60. The molecule has 186 valence electrons. The Bertz CT molecular complexity index is 1290. The first-order valence-electron chi connectivity index (χ1n) is 11.2. The van der Waals surface area contributed by atoms with Gasteiger partial charge in [-0.05, 0) is 42.5 Å². The molecule has 10 heteroatoms. The number of aromatic nitrogens is 2. The first-order chi connectivity index (χ1) is 17.6. The largest absolute Gasteiger partial charge is 0.497 e. The van der Waals surface area contributed by atoms with Crippen molar-refractivity contribution in [1.29, 1.82) is 0 Å². The van der Waals surface area contributed by atoms with E-state index in [1.165, 1.54) is 24.3 Å². The minimum Gasteiger partial charge on any atom is -0.497 e. The summed E-state index contributed by atoms with van der Waals surface area (Å²) in [6, 6.07) is 15.8. The van der Waals surface area contributed by atoms with E-state index in [0.29, 0.717) is 35.1 Å². The van der Waals surface area contributed by atoms with Gasteiger partial charge in [0.2, 0.25) is 5.91 Å². The highest BCUT2D eigenvalue weighted by Gasteiger charge is 2.23. The smallest absolute Gasteiger partial charge is 0.276 e. The predicted molar refractivity (Wildman–Crippen MR) is 129 cm³/mol. The quantitative estimate of drug-likeness (QED) is 0.338. The van der Waals surface area contributed by atoms with Crippen molar-refractivity contribution in [3.8, 4) is 22.8 Å². The number of ether oxygens (including phenoxy) is 2. The van der Waals surface area contributed by atoms with E-state index in [9.17, 15) is 9.59 Å². The van der Waals surface area contributed by atoms with Gasteiger partial charge in [-0.25, -0.2) is 0 Å². The molecule has 0 atom stereocenters. The lowest BCUT2D eigenvalue weighted by Crippen LogP contribution is -2.35. The Kier molecular flexibility index (Phi) is 7.97. The lowest BCUT2D eigenvalue weighted by Gasteiger charge is -2.20. The lowest BCUT2D eigenvalue weighted by molar-refractivity contribution is -0.121. The van der Waals surface area contributed by atoms with Crippen molar-refractivity contribution >= 4 is 11.8 Å². The molecule has 0 aliphatic heterocycles. The molecule has 2 amide bonds. The highest BCUT2D eigenvalue weighted by atomic mass is 16.5. The Morgan fingerprint density at radius 2 is 1.94 bits per heavy atom. The van der Waals surface area contributed by atoms with E-state index < -0.39 is 5.91 Å². The van der Waals surface area contributed by atoms with Gasteiger partial charge in [0.05, 0.1) is 44.8 Å². The molecule has 0 saturated carbocycles. The molecule has 0 aliphatic carbocycles. The van der Waals surface area contributed by atoms with Crippen molar-refractivity contribution in [3.05, 3.63) is 84.2 Å². The molecule has 10 nitrogen and oxygen atoms in total. The second-order valence-corrected chi connectivity index (χ2v) is 7.80. The first kappa shape index (κ1) is 24.5. The van der Waals surface area contributed by atoms with E-state index in [1.54, 1.807) is 43.6 Å². The maximum absolute atomic E-state index is 13.3. The molecule has 0 spiro atoms. The van der Waals surface area contributed by atoms with Crippen LogP contribution in [-0.2, 0) is 17.9 Å². The summed E-state index contributed by atoms with van der Waals surface area (Å²) in [6.07, 6.45) is 3.28. The number of nitrogens with one attached hydrogen (secondary N) is 1. The average molecular weight is 491 g/mol. The van der Waals surface area contributed by atoms with Crippen LogP contribution in [0.3, 0.4) is 0 Å². The minimum atomic E-state index is -0.402. The summed E-state index contributed by atoms with van der Waals surface area (Å²) in [5.41, 5.74) is 1.43. The molecule has 0 aliphatic rings. The van der Waals surface area contributed by atoms with E-state index in [-0.39, 0.29) is 31.1 Å². The Labute approximate surface area is 207 Å². The summed E-state index contributed by atoms with van der Waals surface area (Å²) in [5, 5.41) is 6.79. The van der Waals surface area contributed by atoms with Crippen LogP contribution in [0, 0.1) is 0 Å². The normalized spacial score (nSPS) is 10.6. The average Bonchev–Trinajstić information content (AvgIpc) is 3.62. The molecule has 0 fully saturated rings. The van der Waals surface area contributed by atoms with Crippen LogP contribution in [0.5, 0.6) is 11.5 Å². The molecule has 0 radical (unpaired) electrons. The van der Waals surface area contributed by atoms with Gasteiger partial charge >= 0.3 is 0 Å². The zero-order valence-electron chi connectivity index (χ0n) is 20.0. The van der Waals surface area contributed by atoms with Crippen LogP contribution in [-0.4, -0.2) is 47.6 Å². The summed E-state index contributed by atoms with van der Waals surface area (Å²) in [7, 11) is 3.09. The molecule has 1 aromatic carbocycles. The zero-order valence-corrected chi connectivity index (χ0v) is 20.0. The lowest BCUT2D eigenvalue weighted by atomic mass is 10.1. The third kappa shape index (κ3) is 6.09. The van der Waals surface area contributed by atoms with Crippen LogP contribution in [0.2, 0.25) is 0 Å². The Morgan fingerprint density at radius 3 is 2.67 bits per heavy atom. The van der Waals surface area contributed by atoms with E-state index in [1.807, 2.05) is 18.2 Å². The highest BCUT2D eigenvalue weighted by Crippen LogP contribution is 2.34. The fourth-order valence-corrected chi connectivity index (χ4v) is 3.53. The highest BCUT2D eigenvalue weighted by molar-refractivity contribution is 5.93. The van der Waals surface area contributed by atoms with Crippen LogP contribution in [0.25, 0.3) is 11.3 Å². The topological polar surface area (TPSA) is 120 Å². The molecule has 0 bridgehead atoms. The number of methoxy groups -OCH3 is 2. The van der Waals surface area contributed by atoms with Crippen LogP contribution in [0.15, 0.2) is 76.0 Å². The van der Waals surface area contributed by atoms with E-state index in [0.717, 1.165) is 5.69 Å². The van der Waals surface area contributed by atoms with Crippen molar-refractivity contribution in [2.75, 3.05) is 20.8 Å². The van der Waals surface area contributed by atoms with Crippen LogP contribution in [0.1, 0.15) is 28.4 Å². The molecule has 36 heavy (non-hydrogen) atoms. The summed E-state index contributed by atoms with van der Waals surface area (Å²) in [4.78, 5) is 31.5. The van der Waals surface area contributed by atoms with Gasteiger partial charge in [-0.3, -0.25) is 14.6 Å². The van der Waals surface area contributed by atoms with Gasteiger partial charge in [-0.1, -0.05) is 11.2 Å². The van der Waals surface area contributed by atoms with Gasteiger partial charge in [-0.15, -0.1) is 0 Å². The van der Waals surface area contributed by atoms with Crippen molar-refractivity contribution < 1.29 is 28.0 Å². The van der Waals surface area contributed by atoms with E-state index in [4.69, 9.17) is 18.4 Å². The maximum Gasteiger partial charge on any atom is 0.276 e. The van der Waals surface area contributed by atoms with Crippen molar-refractivity contribution in [3.63, 3.8) is 0 Å². The summed E-state index contributed by atoms with van der Waals surface area (Å²) < 4.78 is 21.6. The van der Waals surface area contributed by atoms with Gasteiger partial charge in [0.1, 0.15) is 17.3 Å². The number of carbonyl (C=O) groups is 2. The number of benzene rings is 1. The second-order valence-electron chi connectivity index (χ2n) is 7.80. The predicted octanol–water partition coefficient (Wildman–Crippen LogP) is 3.70. The molecular weight excluding hydrogens is 464 g/mol. The molecule has 3 aromatic heterocycles. The number of pyridine rings is 1. The van der Waals surface area contributed by atoms with Gasteiger partial charge in [0, 0.05) is 25.2 Å². The third-order valence-electron chi connectivity index (χ3n) is 5.42. The molecule has 0 saturated heterocycles. The number of nitrogens with zero attached hydrogens (tertiary/aromatic N) is 3. The summed E-state index contributed by atoms with van der Waals surface area (Å²) in [5.74, 6) is 1.46. The molecule has 0 unspecified atom stereocenters. The summed E-state index contributed by atoms with van der Waals surface area (Å²) >= 11 is 0. The van der Waals surface area contributed by atoms with E-state index in [2.05, 4.69) is 15.5 Å². The van der Waals surface area contributed by atoms with Gasteiger partial charge in [0.25, 0.3) is 5.91 Å². The van der Waals surface area contributed by atoms with Gasteiger partial charge in [0.15, 0.2) is 11.5 Å². The van der Waals surface area contributed by atoms with Crippen molar-refractivity contribution in [1.82, 2.24) is 20.4 Å². The number of furan rings is 1. The minimum absolute atomic E-state index is 0.0910. The number of hydrogen-bond donors (Lipinski definition) is 1. The molecule has 4 rings (SSSR count). The fraction of sp³-hybridized carbons (Fsp3) is 0.231. The number of amides is 2. The monoisotopic (exact) mass is 490 g/mol. The third-order valence-corrected chi connectivity index (χ3v) is 5.42. The number of rotatable bonds is 11. The molecule has 1 N–H and O–H groups in total. The van der Waals surface area contributed by atoms with Crippen LogP contribution < -0.4 is 14.8 Å².